The van der Waals surface area contributed by atoms with E-state index in [2.05, 4.69) is 20.8 Å². The van der Waals surface area contributed by atoms with Gasteiger partial charge in [-0.2, -0.15) is 0 Å². The van der Waals surface area contributed by atoms with Crippen LogP contribution in [0.1, 0.15) is 59.3 Å². The minimum Gasteiger partial charge on any atom is -0.372 e. The van der Waals surface area contributed by atoms with E-state index < -0.39 is 0 Å². The van der Waals surface area contributed by atoms with Gasteiger partial charge in [-0.25, -0.2) is 0 Å². The lowest BCUT2D eigenvalue weighted by molar-refractivity contribution is 0.0892. The van der Waals surface area contributed by atoms with Gasteiger partial charge in [-0.05, 0) is 19.3 Å². The fourth-order valence-corrected chi connectivity index (χ4v) is 1.22. The average molecular weight is 171 g/mol. The molecule has 0 aliphatic carbocycles. The summed E-state index contributed by atoms with van der Waals surface area (Å²) in [4.78, 5) is 0. The molecule has 1 atom stereocenters. The first-order valence-electron chi connectivity index (χ1n) is 5.32. The summed E-state index contributed by atoms with van der Waals surface area (Å²) in [5.41, 5.74) is 0. The third-order valence-electron chi connectivity index (χ3n) is 2.04. The van der Waals surface area contributed by atoms with Crippen LogP contribution in [0.3, 0.4) is 0 Å². The Morgan fingerprint density at radius 1 is 1.17 bits per heavy atom. The maximum Gasteiger partial charge on any atom is 0.0837 e. The predicted molar refractivity (Wildman–Crippen MR) is 53.9 cm³/mol. The van der Waals surface area contributed by atoms with E-state index >= 15 is 0 Å². The van der Waals surface area contributed by atoms with Crippen LogP contribution in [-0.4, -0.2) is 6.10 Å². The molecule has 0 aliphatic rings. The highest BCUT2D eigenvalue weighted by Gasteiger charge is 2.04. The summed E-state index contributed by atoms with van der Waals surface area (Å²) in [6.45, 7) is 8.47. The molecule has 0 spiro atoms. The molecule has 0 saturated heterocycles. The molecule has 0 aromatic heterocycles. The van der Waals surface area contributed by atoms with Crippen molar-refractivity contribution in [2.45, 2.75) is 65.4 Å². The smallest absolute Gasteiger partial charge is 0.0837 e. The maximum atomic E-state index is 5.56. The van der Waals surface area contributed by atoms with Gasteiger partial charge in [0.1, 0.15) is 0 Å². The third-order valence-corrected chi connectivity index (χ3v) is 2.04. The Morgan fingerprint density at radius 2 is 1.92 bits per heavy atom. The molecule has 1 radical (unpaired) electrons. The van der Waals surface area contributed by atoms with E-state index in [-0.39, 0.29) is 0 Å². The van der Waals surface area contributed by atoms with Gasteiger partial charge < -0.3 is 4.74 Å². The van der Waals surface area contributed by atoms with Crippen molar-refractivity contribution in [1.82, 2.24) is 0 Å². The highest BCUT2D eigenvalue weighted by atomic mass is 16.5. The van der Waals surface area contributed by atoms with Gasteiger partial charge in [-0.1, -0.05) is 40.0 Å². The lowest BCUT2D eigenvalue weighted by Crippen LogP contribution is -2.09. The average Bonchev–Trinajstić information content (AvgIpc) is 2.11. The van der Waals surface area contributed by atoms with Gasteiger partial charge in [-0.3, -0.25) is 0 Å². The van der Waals surface area contributed by atoms with Crippen LogP contribution in [-0.2, 0) is 4.74 Å². The molecule has 1 nitrogen and oxygen atoms in total. The number of hydrogen-bond acceptors (Lipinski definition) is 1. The molecule has 0 heterocycles. The van der Waals surface area contributed by atoms with Crippen molar-refractivity contribution in [2.75, 3.05) is 0 Å². The fraction of sp³-hybridized carbons (Fsp3) is 0.909. The summed E-state index contributed by atoms with van der Waals surface area (Å²) in [5.74, 6) is 0. The number of unbranched alkanes of at least 4 members (excludes halogenated alkanes) is 2. The van der Waals surface area contributed by atoms with Crippen LogP contribution in [0.25, 0.3) is 0 Å². The summed E-state index contributed by atoms with van der Waals surface area (Å²) in [6.07, 6.45) is 7.80. The Morgan fingerprint density at radius 3 is 2.42 bits per heavy atom. The van der Waals surface area contributed by atoms with E-state index in [1.807, 2.05) is 6.61 Å². The van der Waals surface area contributed by atoms with Crippen LogP contribution in [0, 0.1) is 6.61 Å². The SMILES string of the molecule is CC[CH]OC(CC)CCCCC. The molecular weight excluding hydrogens is 148 g/mol. The fourth-order valence-electron chi connectivity index (χ4n) is 1.22. The van der Waals surface area contributed by atoms with E-state index in [4.69, 9.17) is 4.74 Å². The van der Waals surface area contributed by atoms with Crippen LogP contribution in [0.2, 0.25) is 0 Å². The van der Waals surface area contributed by atoms with E-state index in [9.17, 15) is 0 Å². The van der Waals surface area contributed by atoms with Crippen molar-refractivity contribution in [3.8, 4) is 0 Å². The second-order valence-corrected chi connectivity index (χ2v) is 3.24. The normalized spacial score (nSPS) is 13.2. The van der Waals surface area contributed by atoms with E-state index in [1.165, 1.54) is 25.7 Å². The van der Waals surface area contributed by atoms with Crippen molar-refractivity contribution in [2.24, 2.45) is 0 Å². The van der Waals surface area contributed by atoms with Gasteiger partial charge in [0.05, 0.1) is 12.7 Å². The van der Waals surface area contributed by atoms with Crippen LogP contribution in [0.4, 0.5) is 0 Å². The second kappa shape index (κ2) is 9.05. The van der Waals surface area contributed by atoms with E-state index in [0.29, 0.717) is 6.10 Å². The first-order chi connectivity index (χ1) is 5.85. The monoisotopic (exact) mass is 171 g/mol. The van der Waals surface area contributed by atoms with Gasteiger partial charge in [0, 0.05) is 0 Å². The number of ether oxygens (including phenoxy) is 1. The molecule has 0 rings (SSSR count). The molecule has 0 bridgehead atoms. The predicted octanol–water partition coefficient (Wildman–Crippen LogP) is 3.93. The van der Waals surface area contributed by atoms with Crippen LogP contribution >= 0.6 is 0 Å². The summed E-state index contributed by atoms with van der Waals surface area (Å²) < 4.78 is 5.56. The summed E-state index contributed by atoms with van der Waals surface area (Å²) in [7, 11) is 0. The van der Waals surface area contributed by atoms with Crippen molar-refractivity contribution < 1.29 is 4.74 Å². The molecule has 0 fully saturated rings. The zero-order valence-corrected chi connectivity index (χ0v) is 8.81. The lowest BCUT2D eigenvalue weighted by Gasteiger charge is -2.14. The second-order valence-electron chi connectivity index (χ2n) is 3.24. The van der Waals surface area contributed by atoms with E-state index in [1.54, 1.807) is 0 Å². The zero-order valence-electron chi connectivity index (χ0n) is 8.81. The standard InChI is InChI=1S/C11H23O/c1-4-7-8-9-11(6-3)12-10-5-2/h10-11H,4-9H2,1-3H3. The molecule has 0 aliphatic heterocycles. The van der Waals surface area contributed by atoms with Crippen LogP contribution < -0.4 is 0 Å². The van der Waals surface area contributed by atoms with Gasteiger partial charge >= 0.3 is 0 Å². The minimum absolute atomic E-state index is 0.469. The molecule has 73 valence electrons. The van der Waals surface area contributed by atoms with Crippen LogP contribution in [0.15, 0.2) is 0 Å². The first kappa shape index (κ1) is 12.0. The lowest BCUT2D eigenvalue weighted by atomic mass is 10.1. The highest BCUT2D eigenvalue weighted by molar-refractivity contribution is 4.58. The molecule has 1 unspecified atom stereocenters. The molecule has 0 N–H and O–H groups in total. The molecule has 0 aromatic rings. The molecule has 1 heteroatoms. The Hall–Kier alpha value is -0.0400. The van der Waals surface area contributed by atoms with Crippen molar-refractivity contribution >= 4 is 0 Å². The minimum atomic E-state index is 0.469. The zero-order chi connectivity index (χ0) is 9.23. The number of hydrogen-bond donors (Lipinski definition) is 0. The largest absolute Gasteiger partial charge is 0.372 e. The number of rotatable bonds is 8. The summed E-state index contributed by atoms with van der Waals surface area (Å²) in [6, 6.07) is 0. The Balaban J connectivity index is 3.26. The van der Waals surface area contributed by atoms with Crippen molar-refractivity contribution in [1.29, 1.82) is 0 Å². The Kier molecular flexibility index (Phi) is 9.02. The topological polar surface area (TPSA) is 9.23 Å². The molecular formula is C11H23O. The van der Waals surface area contributed by atoms with Crippen molar-refractivity contribution in [3.05, 3.63) is 6.61 Å². The Bertz CT molecular complexity index is 81.1. The molecule has 0 aromatic carbocycles. The van der Waals surface area contributed by atoms with E-state index in [0.717, 1.165) is 12.8 Å². The van der Waals surface area contributed by atoms with Gasteiger partial charge in [0.25, 0.3) is 0 Å². The molecule has 0 amide bonds. The maximum absolute atomic E-state index is 5.56. The summed E-state index contributed by atoms with van der Waals surface area (Å²) in [5, 5.41) is 0. The quantitative estimate of drug-likeness (QED) is 0.503. The Labute approximate surface area is 77.5 Å². The van der Waals surface area contributed by atoms with Gasteiger partial charge in [-0.15, -0.1) is 0 Å². The molecule has 12 heavy (non-hydrogen) atoms. The first-order valence-corrected chi connectivity index (χ1v) is 5.32. The third kappa shape index (κ3) is 6.66. The van der Waals surface area contributed by atoms with Gasteiger partial charge in [0.15, 0.2) is 0 Å². The van der Waals surface area contributed by atoms with Gasteiger partial charge in [0.2, 0.25) is 0 Å². The van der Waals surface area contributed by atoms with Crippen LogP contribution in [0.5, 0.6) is 0 Å². The highest BCUT2D eigenvalue weighted by Crippen LogP contribution is 2.11. The summed E-state index contributed by atoms with van der Waals surface area (Å²) >= 11 is 0. The molecule has 0 saturated carbocycles. The van der Waals surface area contributed by atoms with Crippen molar-refractivity contribution in [3.63, 3.8) is 0 Å².